The number of carbonyl (C=O) groups excluding carboxylic acids is 1. The Morgan fingerprint density at radius 3 is 1.85 bits per heavy atom. The summed E-state index contributed by atoms with van der Waals surface area (Å²) in [4.78, 5) is 12.7. The Morgan fingerprint density at radius 1 is 0.659 bits per heavy atom. The third kappa shape index (κ3) is 11.4. The van der Waals surface area contributed by atoms with Gasteiger partial charge in [-0.1, -0.05) is 109 Å². The molecule has 0 aliphatic carbocycles. The van der Waals surface area contributed by atoms with Crippen LogP contribution in [0, 0.1) is 11.3 Å². The van der Waals surface area contributed by atoms with E-state index in [2.05, 4.69) is 32.0 Å². The minimum absolute atomic E-state index is 0.403. The summed E-state index contributed by atoms with van der Waals surface area (Å²) in [6.07, 6.45) is 17.1. The second-order valence-electron chi connectivity index (χ2n) is 10.9. The van der Waals surface area contributed by atoms with Crippen molar-refractivity contribution < 1.29 is 14.3 Å². The summed E-state index contributed by atoms with van der Waals surface area (Å²) in [5.74, 6) is 0.870. The van der Waals surface area contributed by atoms with Crippen molar-refractivity contribution >= 4 is 5.97 Å². The van der Waals surface area contributed by atoms with E-state index in [1.165, 1.54) is 70.6 Å². The summed E-state index contributed by atoms with van der Waals surface area (Å²) < 4.78 is 11.4. The van der Waals surface area contributed by atoms with Crippen LogP contribution in [0.4, 0.5) is 0 Å². The molecule has 0 bridgehead atoms. The SMILES string of the molecule is CCCCCCCCCc1ccc(-c2ccc(C(=O)Oc3ccc(OCCCCCCCC)cc3)cc2)cc1C#N. The lowest BCUT2D eigenvalue weighted by atomic mass is 9.96. The molecule has 0 saturated heterocycles. The zero-order valence-electron chi connectivity index (χ0n) is 25.1. The number of benzene rings is 3. The van der Waals surface area contributed by atoms with Crippen LogP contribution in [0.1, 0.15) is 119 Å². The molecule has 41 heavy (non-hydrogen) atoms. The van der Waals surface area contributed by atoms with Crippen molar-refractivity contribution in [3.05, 3.63) is 83.4 Å². The summed E-state index contributed by atoms with van der Waals surface area (Å²) in [7, 11) is 0. The lowest BCUT2D eigenvalue weighted by Gasteiger charge is -2.09. The van der Waals surface area contributed by atoms with Crippen LogP contribution in [-0.2, 0) is 6.42 Å². The monoisotopic (exact) mass is 553 g/mol. The molecular formula is C37H47NO3. The fourth-order valence-electron chi connectivity index (χ4n) is 4.99. The van der Waals surface area contributed by atoms with E-state index in [0.717, 1.165) is 47.3 Å². The highest BCUT2D eigenvalue weighted by atomic mass is 16.5. The zero-order chi connectivity index (χ0) is 29.1. The normalized spacial score (nSPS) is 10.8. The van der Waals surface area contributed by atoms with Gasteiger partial charge in [-0.15, -0.1) is 0 Å². The van der Waals surface area contributed by atoms with E-state index in [1.54, 1.807) is 24.3 Å². The number of hydrogen-bond donors (Lipinski definition) is 0. The molecule has 0 amide bonds. The van der Waals surface area contributed by atoms with Crippen molar-refractivity contribution in [2.75, 3.05) is 6.61 Å². The van der Waals surface area contributed by atoms with E-state index in [1.807, 2.05) is 30.3 Å². The minimum atomic E-state index is -0.403. The molecule has 0 aliphatic heterocycles. The van der Waals surface area contributed by atoms with Crippen LogP contribution in [-0.4, -0.2) is 12.6 Å². The molecule has 4 nitrogen and oxygen atoms in total. The molecule has 218 valence electrons. The molecule has 0 N–H and O–H groups in total. The highest BCUT2D eigenvalue weighted by molar-refractivity contribution is 5.91. The van der Waals surface area contributed by atoms with Crippen LogP contribution in [0.15, 0.2) is 66.7 Å². The first-order chi connectivity index (χ1) is 20.1. The van der Waals surface area contributed by atoms with Gasteiger partial charge in [-0.25, -0.2) is 4.79 Å². The summed E-state index contributed by atoms with van der Waals surface area (Å²) in [5, 5.41) is 9.73. The van der Waals surface area contributed by atoms with Gasteiger partial charge in [0.2, 0.25) is 0 Å². The van der Waals surface area contributed by atoms with E-state index in [9.17, 15) is 10.1 Å². The third-order valence-electron chi connectivity index (χ3n) is 7.53. The molecule has 0 unspecified atom stereocenters. The highest BCUT2D eigenvalue weighted by Gasteiger charge is 2.11. The molecule has 0 aliphatic rings. The number of carbonyl (C=O) groups is 1. The maximum Gasteiger partial charge on any atom is 0.343 e. The Hall–Kier alpha value is -3.58. The van der Waals surface area contributed by atoms with Crippen molar-refractivity contribution in [3.8, 4) is 28.7 Å². The Bertz CT molecular complexity index is 1210. The maximum absolute atomic E-state index is 12.7. The van der Waals surface area contributed by atoms with Crippen LogP contribution in [0.25, 0.3) is 11.1 Å². The highest BCUT2D eigenvalue weighted by Crippen LogP contribution is 2.25. The molecule has 3 aromatic rings. The molecule has 4 heteroatoms. The molecule has 0 spiro atoms. The first kappa shape index (κ1) is 31.9. The van der Waals surface area contributed by atoms with Crippen molar-refractivity contribution in [1.29, 1.82) is 5.26 Å². The van der Waals surface area contributed by atoms with Crippen molar-refractivity contribution in [1.82, 2.24) is 0 Å². The maximum atomic E-state index is 12.7. The average molecular weight is 554 g/mol. The van der Waals surface area contributed by atoms with Gasteiger partial charge in [0.15, 0.2) is 0 Å². The van der Waals surface area contributed by atoms with Gasteiger partial charge in [0, 0.05) is 0 Å². The minimum Gasteiger partial charge on any atom is -0.494 e. The molecule has 0 saturated carbocycles. The molecular weight excluding hydrogens is 506 g/mol. The predicted molar refractivity (Wildman–Crippen MR) is 169 cm³/mol. The van der Waals surface area contributed by atoms with Crippen molar-refractivity contribution in [2.45, 2.75) is 104 Å². The quantitative estimate of drug-likeness (QED) is 0.0841. The van der Waals surface area contributed by atoms with Gasteiger partial charge in [0.05, 0.1) is 23.8 Å². The second kappa shape index (κ2) is 18.7. The number of hydrogen-bond acceptors (Lipinski definition) is 4. The van der Waals surface area contributed by atoms with Gasteiger partial charge in [0.1, 0.15) is 11.5 Å². The molecule has 3 rings (SSSR count). The number of unbranched alkanes of at least 4 members (excludes halogenated alkanes) is 11. The van der Waals surface area contributed by atoms with Crippen LogP contribution < -0.4 is 9.47 Å². The second-order valence-corrected chi connectivity index (χ2v) is 10.9. The molecule has 0 heterocycles. The van der Waals surface area contributed by atoms with Gasteiger partial charge < -0.3 is 9.47 Å². The molecule has 0 atom stereocenters. The predicted octanol–water partition coefficient (Wildman–Crippen LogP) is 10.5. The summed E-state index contributed by atoms with van der Waals surface area (Å²) in [6.45, 7) is 5.17. The number of esters is 1. The summed E-state index contributed by atoms with van der Waals surface area (Å²) in [5.41, 5.74) is 4.27. The van der Waals surface area contributed by atoms with Gasteiger partial charge in [-0.05, 0) is 78.4 Å². The number of ether oxygens (including phenoxy) is 2. The zero-order valence-corrected chi connectivity index (χ0v) is 25.1. The fourth-order valence-corrected chi connectivity index (χ4v) is 4.99. The molecule has 0 radical (unpaired) electrons. The van der Waals surface area contributed by atoms with Crippen LogP contribution >= 0.6 is 0 Å². The van der Waals surface area contributed by atoms with E-state index < -0.39 is 5.97 Å². The van der Waals surface area contributed by atoms with Crippen LogP contribution in [0.2, 0.25) is 0 Å². The van der Waals surface area contributed by atoms with Crippen LogP contribution in [0.5, 0.6) is 11.5 Å². The smallest absolute Gasteiger partial charge is 0.343 e. The molecule has 0 aromatic heterocycles. The Kier molecular flexibility index (Phi) is 14.6. The lowest BCUT2D eigenvalue weighted by molar-refractivity contribution is 0.0734. The van der Waals surface area contributed by atoms with E-state index in [-0.39, 0.29) is 0 Å². The lowest BCUT2D eigenvalue weighted by Crippen LogP contribution is -2.08. The van der Waals surface area contributed by atoms with E-state index in [0.29, 0.717) is 17.9 Å². The van der Waals surface area contributed by atoms with Gasteiger partial charge in [-0.2, -0.15) is 5.26 Å². The van der Waals surface area contributed by atoms with E-state index >= 15 is 0 Å². The number of rotatable bonds is 19. The van der Waals surface area contributed by atoms with Crippen molar-refractivity contribution in [2.24, 2.45) is 0 Å². The Balaban J connectivity index is 1.47. The number of nitriles is 1. The standard InChI is InChI=1S/C37H47NO3/c1-3-5-7-9-11-12-14-16-30-19-22-33(28-34(30)29-38)31-17-20-32(21-18-31)37(39)41-36-25-23-35(24-26-36)40-27-15-13-10-8-6-4-2/h17-26,28H,3-16,27H2,1-2H3. The van der Waals surface area contributed by atoms with Crippen LogP contribution in [0.3, 0.4) is 0 Å². The number of aryl methyl sites for hydroxylation is 1. The van der Waals surface area contributed by atoms with E-state index in [4.69, 9.17) is 9.47 Å². The Labute approximate surface area is 247 Å². The largest absolute Gasteiger partial charge is 0.494 e. The van der Waals surface area contributed by atoms with Crippen molar-refractivity contribution in [3.63, 3.8) is 0 Å². The molecule has 3 aromatic carbocycles. The fraction of sp³-hybridized carbons (Fsp3) is 0.459. The first-order valence-corrected chi connectivity index (χ1v) is 15.7. The van der Waals surface area contributed by atoms with Gasteiger partial charge in [0.25, 0.3) is 0 Å². The van der Waals surface area contributed by atoms with Gasteiger partial charge >= 0.3 is 5.97 Å². The molecule has 0 fully saturated rings. The number of nitrogens with zero attached hydrogens (tertiary/aromatic N) is 1. The summed E-state index contributed by atoms with van der Waals surface area (Å²) in [6, 6.07) is 23.0. The third-order valence-corrected chi connectivity index (χ3v) is 7.53. The Morgan fingerprint density at radius 2 is 1.22 bits per heavy atom. The average Bonchev–Trinajstić information content (AvgIpc) is 3.01. The first-order valence-electron chi connectivity index (χ1n) is 15.7. The topological polar surface area (TPSA) is 59.3 Å². The van der Waals surface area contributed by atoms with Gasteiger partial charge in [-0.3, -0.25) is 0 Å². The summed E-state index contributed by atoms with van der Waals surface area (Å²) >= 11 is 0.